The van der Waals surface area contributed by atoms with Crippen molar-refractivity contribution in [1.82, 2.24) is 10.2 Å². The highest BCUT2D eigenvalue weighted by molar-refractivity contribution is 5.75. The topological polar surface area (TPSA) is 32.3 Å². The Morgan fingerprint density at radius 2 is 2.05 bits per heavy atom. The first-order chi connectivity index (χ1) is 9.66. The van der Waals surface area contributed by atoms with E-state index in [0.29, 0.717) is 18.0 Å². The molecule has 1 aromatic rings. The van der Waals surface area contributed by atoms with Crippen LogP contribution in [0, 0.1) is 5.82 Å². The van der Waals surface area contributed by atoms with Crippen LogP contribution in [-0.2, 0) is 11.3 Å². The van der Waals surface area contributed by atoms with Crippen LogP contribution in [0.2, 0.25) is 0 Å². The number of hydrogen-bond donors (Lipinski definition) is 1. The monoisotopic (exact) mass is 278 g/mol. The van der Waals surface area contributed by atoms with E-state index in [0.717, 1.165) is 19.5 Å². The number of halogens is 1. The minimum atomic E-state index is -0.266. The number of amides is 1. The zero-order valence-electron chi connectivity index (χ0n) is 12.1. The molecule has 2 rings (SSSR count). The summed E-state index contributed by atoms with van der Waals surface area (Å²) in [5.41, 5.74) is 0.536. The molecule has 3 nitrogen and oxygen atoms in total. The molecule has 20 heavy (non-hydrogen) atoms. The van der Waals surface area contributed by atoms with Crippen LogP contribution in [0.25, 0.3) is 0 Å². The normalized spacial score (nSPS) is 17.1. The summed E-state index contributed by atoms with van der Waals surface area (Å²) in [7, 11) is 0. The lowest BCUT2D eigenvalue weighted by Gasteiger charge is -2.23. The molecule has 1 saturated heterocycles. The maximum atomic E-state index is 13.4. The molecule has 0 bridgehead atoms. The molecular weight excluding hydrogens is 255 g/mol. The van der Waals surface area contributed by atoms with Gasteiger partial charge in [-0.25, -0.2) is 4.39 Å². The maximum Gasteiger partial charge on any atom is 0.220 e. The number of hydrogen-bond acceptors (Lipinski definition) is 2. The van der Waals surface area contributed by atoms with Crippen LogP contribution in [-0.4, -0.2) is 29.9 Å². The Balaban J connectivity index is 1.69. The fraction of sp³-hybridized carbons (Fsp3) is 0.562. The molecular formula is C16H23FN2O. The summed E-state index contributed by atoms with van der Waals surface area (Å²) < 4.78 is 13.4. The van der Waals surface area contributed by atoms with Gasteiger partial charge in [0.25, 0.3) is 0 Å². The average Bonchev–Trinajstić information content (AvgIpc) is 2.98. The number of likely N-dealkylation sites (tertiary alicyclic amines) is 1. The fourth-order valence-corrected chi connectivity index (χ4v) is 2.63. The summed E-state index contributed by atoms with van der Waals surface area (Å²) in [5, 5.41) is 2.79. The molecule has 110 valence electrons. The summed E-state index contributed by atoms with van der Waals surface area (Å²) in [6, 6.07) is 6.99. The minimum Gasteiger partial charge on any atom is -0.352 e. The lowest BCUT2D eigenvalue weighted by Crippen LogP contribution is -2.32. The van der Waals surface area contributed by atoms with Crippen molar-refractivity contribution in [2.24, 2.45) is 0 Å². The number of carbonyl (C=O) groups is 1. The van der Waals surface area contributed by atoms with Crippen molar-refractivity contribution in [3.8, 4) is 0 Å². The van der Waals surface area contributed by atoms with E-state index in [-0.39, 0.29) is 18.3 Å². The lowest BCUT2D eigenvalue weighted by atomic mass is 10.1. The van der Waals surface area contributed by atoms with E-state index >= 15 is 0 Å². The van der Waals surface area contributed by atoms with Gasteiger partial charge in [0.05, 0.1) is 0 Å². The van der Waals surface area contributed by atoms with Crippen LogP contribution >= 0.6 is 0 Å². The number of rotatable bonds is 6. The Bertz CT molecular complexity index is 444. The van der Waals surface area contributed by atoms with Crippen LogP contribution < -0.4 is 5.32 Å². The third-order valence-electron chi connectivity index (χ3n) is 3.99. The highest BCUT2D eigenvalue weighted by atomic mass is 19.1. The molecule has 0 spiro atoms. The van der Waals surface area contributed by atoms with Crippen molar-refractivity contribution < 1.29 is 9.18 Å². The third kappa shape index (κ3) is 4.30. The predicted molar refractivity (Wildman–Crippen MR) is 77.7 cm³/mol. The van der Waals surface area contributed by atoms with Gasteiger partial charge in [-0.3, -0.25) is 4.79 Å². The highest BCUT2D eigenvalue weighted by Gasteiger charge is 2.18. The van der Waals surface area contributed by atoms with Crippen molar-refractivity contribution in [3.05, 3.63) is 35.6 Å². The fourth-order valence-electron chi connectivity index (χ4n) is 2.63. The molecule has 1 aliphatic heterocycles. The Morgan fingerprint density at radius 1 is 1.35 bits per heavy atom. The van der Waals surface area contributed by atoms with Crippen LogP contribution in [0.15, 0.2) is 24.3 Å². The smallest absolute Gasteiger partial charge is 0.220 e. The summed E-state index contributed by atoms with van der Waals surface area (Å²) in [6.45, 7) is 4.75. The molecule has 1 aromatic carbocycles. The van der Waals surface area contributed by atoms with Crippen molar-refractivity contribution in [1.29, 1.82) is 0 Å². The molecule has 1 heterocycles. The van der Waals surface area contributed by atoms with Crippen molar-refractivity contribution in [2.75, 3.05) is 13.1 Å². The summed E-state index contributed by atoms with van der Waals surface area (Å²) in [6.07, 6.45) is 3.91. The standard InChI is InChI=1S/C16H23FN2O/c1-13(19-10-4-5-11-19)8-9-16(20)18-12-14-6-2-3-7-15(14)17/h2-3,6-7,13H,4-5,8-12H2,1H3,(H,18,20)/t13-/m1/s1. The van der Waals surface area contributed by atoms with Gasteiger partial charge in [-0.15, -0.1) is 0 Å². The highest BCUT2D eigenvalue weighted by Crippen LogP contribution is 2.14. The summed E-state index contributed by atoms with van der Waals surface area (Å²) in [5.74, 6) is -0.266. The quantitative estimate of drug-likeness (QED) is 0.867. The van der Waals surface area contributed by atoms with Gasteiger partial charge < -0.3 is 10.2 Å². The van der Waals surface area contributed by atoms with Crippen LogP contribution in [0.3, 0.4) is 0 Å². The summed E-state index contributed by atoms with van der Waals surface area (Å²) in [4.78, 5) is 14.2. The number of nitrogens with one attached hydrogen (secondary N) is 1. The Labute approximate surface area is 120 Å². The Morgan fingerprint density at radius 3 is 2.75 bits per heavy atom. The summed E-state index contributed by atoms with van der Waals surface area (Å²) >= 11 is 0. The molecule has 0 aliphatic carbocycles. The molecule has 1 N–H and O–H groups in total. The molecule has 0 unspecified atom stereocenters. The minimum absolute atomic E-state index is 0.000648. The van der Waals surface area contributed by atoms with Gasteiger partial charge in [-0.05, 0) is 45.3 Å². The Kier molecular flexibility index (Phi) is 5.53. The molecule has 1 atom stereocenters. The second-order valence-electron chi connectivity index (χ2n) is 5.50. The van der Waals surface area contributed by atoms with Crippen LogP contribution in [0.4, 0.5) is 4.39 Å². The first-order valence-electron chi connectivity index (χ1n) is 7.41. The van der Waals surface area contributed by atoms with Crippen molar-refractivity contribution >= 4 is 5.91 Å². The first kappa shape index (κ1) is 15.0. The van der Waals surface area contributed by atoms with Gasteiger partial charge in [-0.2, -0.15) is 0 Å². The van der Waals surface area contributed by atoms with E-state index in [1.807, 2.05) is 0 Å². The molecule has 0 aromatic heterocycles. The number of benzene rings is 1. The second-order valence-corrected chi connectivity index (χ2v) is 5.50. The second kappa shape index (κ2) is 7.39. The molecule has 1 aliphatic rings. The molecule has 0 radical (unpaired) electrons. The number of carbonyl (C=O) groups excluding carboxylic acids is 1. The van der Waals surface area contributed by atoms with Gasteiger partial charge >= 0.3 is 0 Å². The zero-order chi connectivity index (χ0) is 14.4. The van der Waals surface area contributed by atoms with Crippen LogP contribution in [0.5, 0.6) is 0 Å². The van der Waals surface area contributed by atoms with E-state index in [1.165, 1.54) is 18.9 Å². The SMILES string of the molecule is C[C@H](CCC(=O)NCc1ccccc1F)N1CCCC1. The predicted octanol–water partition coefficient (Wildman–Crippen LogP) is 2.71. The first-order valence-corrected chi connectivity index (χ1v) is 7.41. The molecule has 4 heteroatoms. The van der Waals surface area contributed by atoms with E-state index in [1.54, 1.807) is 18.2 Å². The van der Waals surface area contributed by atoms with E-state index < -0.39 is 0 Å². The lowest BCUT2D eigenvalue weighted by molar-refractivity contribution is -0.121. The third-order valence-corrected chi connectivity index (χ3v) is 3.99. The molecule has 1 fully saturated rings. The van der Waals surface area contributed by atoms with Gasteiger partial charge in [0.1, 0.15) is 5.82 Å². The van der Waals surface area contributed by atoms with Crippen molar-refractivity contribution in [2.45, 2.75) is 45.2 Å². The van der Waals surface area contributed by atoms with Crippen LogP contribution in [0.1, 0.15) is 38.2 Å². The van der Waals surface area contributed by atoms with Gasteiger partial charge in [0.2, 0.25) is 5.91 Å². The number of nitrogens with zero attached hydrogens (tertiary/aromatic N) is 1. The van der Waals surface area contributed by atoms with Gasteiger partial charge in [-0.1, -0.05) is 18.2 Å². The van der Waals surface area contributed by atoms with Gasteiger partial charge in [0.15, 0.2) is 0 Å². The largest absolute Gasteiger partial charge is 0.352 e. The molecule has 1 amide bonds. The zero-order valence-corrected chi connectivity index (χ0v) is 12.1. The average molecular weight is 278 g/mol. The van der Waals surface area contributed by atoms with E-state index in [2.05, 4.69) is 17.1 Å². The maximum absolute atomic E-state index is 13.4. The van der Waals surface area contributed by atoms with Gasteiger partial charge in [0, 0.05) is 24.6 Å². The Hall–Kier alpha value is -1.42. The molecule has 0 saturated carbocycles. The van der Waals surface area contributed by atoms with E-state index in [4.69, 9.17) is 0 Å². The van der Waals surface area contributed by atoms with Crippen molar-refractivity contribution in [3.63, 3.8) is 0 Å². The van der Waals surface area contributed by atoms with E-state index in [9.17, 15) is 9.18 Å².